The molecule has 0 N–H and O–H groups in total. The predicted octanol–water partition coefficient (Wildman–Crippen LogP) is 3.98. The maximum absolute atomic E-state index is 12.9. The molecule has 3 rings (SSSR count). The number of sulfone groups is 1. The van der Waals surface area contributed by atoms with Crippen LogP contribution in [-0.4, -0.2) is 22.1 Å². The van der Waals surface area contributed by atoms with Crippen LogP contribution in [0.5, 0.6) is 0 Å². The monoisotopic (exact) mass is 474 g/mol. The van der Waals surface area contributed by atoms with Gasteiger partial charge in [0.25, 0.3) is 5.56 Å². The maximum atomic E-state index is 12.9. The van der Waals surface area contributed by atoms with Crippen molar-refractivity contribution in [1.29, 1.82) is 0 Å². The first-order chi connectivity index (χ1) is 13.0. The molecule has 1 heterocycles. The molecule has 1 unspecified atom stereocenters. The first kappa shape index (κ1) is 20.5. The fourth-order valence-electron chi connectivity index (χ4n) is 2.65. The van der Waals surface area contributed by atoms with Gasteiger partial charge in [-0.1, -0.05) is 28.1 Å². The van der Waals surface area contributed by atoms with Gasteiger partial charge in [-0.15, -0.1) is 0 Å². The van der Waals surface area contributed by atoms with Crippen LogP contribution in [0.3, 0.4) is 0 Å². The molecule has 2 aromatic carbocycles. The summed E-state index contributed by atoms with van der Waals surface area (Å²) in [6.45, 7) is 1.45. The highest BCUT2D eigenvalue weighted by Gasteiger charge is 2.30. The van der Waals surface area contributed by atoms with E-state index in [-0.39, 0.29) is 22.3 Å². The molecular weight excluding hydrogens is 461 g/mol. The molecular formula is C18H14BrF3N2O3S. The van der Waals surface area contributed by atoms with E-state index in [0.717, 1.165) is 22.8 Å². The lowest BCUT2D eigenvalue weighted by Gasteiger charge is -2.11. The van der Waals surface area contributed by atoms with Crippen LogP contribution in [0.2, 0.25) is 0 Å². The molecule has 0 bridgehead atoms. The van der Waals surface area contributed by atoms with E-state index in [4.69, 9.17) is 0 Å². The Morgan fingerprint density at radius 2 is 1.89 bits per heavy atom. The van der Waals surface area contributed by atoms with E-state index in [9.17, 15) is 26.4 Å². The molecule has 10 heteroatoms. The summed E-state index contributed by atoms with van der Waals surface area (Å²) in [7, 11) is -3.57. The zero-order valence-electron chi connectivity index (χ0n) is 14.4. The van der Waals surface area contributed by atoms with Gasteiger partial charge in [0, 0.05) is 0 Å². The molecule has 0 fully saturated rings. The smallest absolute Gasteiger partial charge is 0.294 e. The van der Waals surface area contributed by atoms with Crippen LogP contribution in [0.1, 0.15) is 18.1 Å². The number of hydrogen-bond donors (Lipinski definition) is 0. The summed E-state index contributed by atoms with van der Waals surface area (Å²) in [6, 6.07) is 8.82. The summed E-state index contributed by atoms with van der Waals surface area (Å²) < 4.78 is 63.7. The second kappa shape index (κ2) is 7.32. The number of hydrogen-bond acceptors (Lipinski definition) is 4. The number of halogens is 4. The van der Waals surface area contributed by atoms with E-state index in [1.807, 2.05) is 0 Å². The van der Waals surface area contributed by atoms with Gasteiger partial charge in [-0.3, -0.25) is 9.36 Å². The van der Waals surface area contributed by atoms with Gasteiger partial charge < -0.3 is 0 Å². The minimum absolute atomic E-state index is 0.0297. The SMILES string of the molecule is CC(Br)S(=O)(=O)c1cccc(Cn2cnc3ccc(C(F)(F)F)cc3c2=O)c1. The third kappa shape index (κ3) is 3.97. The van der Waals surface area contributed by atoms with Gasteiger partial charge in [-0.05, 0) is 42.8 Å². The molecule has 0 radical (unpaired) electrons. The van der Waals surface area contributed by atoms with E-state index in [2.05, 4.69) is 20.9 Å². The van der Waals surface area contributed by atoms with E-state index >= 15 is 0 Å². The Morgan fingerprint density at radius 1 is 1.18 bits per heavy atom. The first-order valence-electron chi connectivity index (χ1n) is 8.03. The largest absolute Gasteiger partial charge is 0.416 e. The summed E-state index contributed by atoms with van der Waals surface area (Å²) >= 11 is 3.04. The minimum atomic E-state index is -4.57. The molecule has 0 aliphatic heterocycles. The Morgan fingerprint density at radius 3 is 2.54 bits per heavy atom. The van der Waals surface area contributed by atoms with Crippen molar-refractivity contribution in [3.05, 3.63) is 70.3 Å². The quantitative estimate of drug-likeness (QED) is 0.536. The maximum Gasteiger partial charge on any atom is 0.416 e. The number of aromatic nitrogens is 2. The number of alkyl halides is 4. The highest BCUT2D eigenvalue weighted by atomic mass is 79.9. The Labute approximate surface area is 166 Å². The molecule has 3 aromatic rings. The molecule has 28 heavy (non-hydrogen) atoms. The summed E-state index contributed by atoms with van der Waals surface area (Å²) in [5.74, 6) is 0. The summed E-state index contributed by atoms with van der Waals surface area (Å²) in [6.07, 6.45) is -3.34. The number of fused-ring (bicyclic) bond motifs is 1. The van der Waals surface area contributed by atoms with Gasteiger partial charge in [-0.25, -0.2) is 13.4 Å². The molecule has 5 nitrogen and oxygen atoms in total. The van der Waals surface area contributed by atoms with Crippen molar-refractivity contribution in [2.75, 3.05) is 0 Å². The van der Waals surface area contributed by atoms with E-state index in [1.54, 1.807) is 12.1 Å². The fourth-order valence-corrected chi connectivity index (χ4v) is 4.26. The zero-order chi connectivity index (χ0) is 20.7. The average Bonchev–Trinajstić information content (AvgIpc) is 2.63. The number of rotatable bonds is 4. The average molecular weight is 475 g/mol. The van der Waals surface area contributed by atoms with Gasteiger partial charge in [0.1, 0.15) is 4.16 Å². The van der Waals surface area contributed by atoms with E-state index in [1.165, 1.54) is 25.4 Å². The summed E-state index contributed by atoms with van der Waals surface area (Å²) in [5, 5.41) is -0.157. The summed E-state index contributed by atoms with van der Waals surface area (Å²) in [4.78, 5) is 16.7. The highest BCUT2D eigenvalue weighted by Crippen LogP contribution is 2.30. The van der Waals surface area contributed by atoms with E-state index < -0.39 is 31.3 Å². The third-order valence-electron chi connectivity index (χ3n) is 4.16. The molecule has 0 amide bonds. The van der Waals surface area contributed by atoms with Crippen molar-refractivity contribution in [2.24, 2.45) is 0 Å². The molecule has 1 atom stereocenters. The van der Waals surface area contributed by atoms with E-state index in [0.29, 0.717) is 5.56 Å². The van der Waals surface area contributed by atoms with Crippen molar-refractivity contribution in [1.82, 2.24) is 9.55 Å². The van der Waals surface area contributed by atoms with Gasteiger partial charge >= 0.3 is 6.18 Å². The minimum Gasteiger partial charge on any atom is -0.294 e. The Kier molecular flexibility index (Phi) is 5.37. The van der Waals surface area contributed by atoms with Gasteiger partial charge in [-0.2, -0.15) is 13.2 Å². The number of nitrogens with zero attached hydrogens (tertiary/aromatic N) is 2. The number of benzene rings is 2. The van der Waals surface area contributed by atoms with Gasteiger partial charge in [0.15, 0.2) is 9.84 Å². The van der Waals surface area contributed by atoms with Crippen molar-refractivity contribution in [3.63, 3.8) is 0 Å². The standard InChI is InChI=1S/C18H14BrF3N2O3S/c1-11(19)28(26,27)14-4-2-3-12(7-14)9-24-10-23-16-6-5-13(18(20,21)22)8-15(16)17(24)25/h2-8,10-11H,9H2,1H3. The van der Waals surface area contributed by atoms with Crippen molar-refractivity contribution in [3.8, 4) is 0 Å². The lowest BCUT2D eigenvalue weighted by atomic mass is 10.1. The fraction of sp³-hybridized carbons (Fsp3) is 0.222. The van der Waals surface area contributed by atoms with Crippen molar-refractivity contribution >= 4 is 36.7 Å². The zero-order valence-corrected chi connectivity index (χ0v) is 16.8. The second-order valence-electron chi connectivity index (χ2n) is 6.14. The molecule has 0 spiro atoms. The Balaban J connectivity index is 2.04. The lowest BCUT2D eigenvalue weighted by molar-refractivity contribution is -0.137. The molecule has 1 aromatic heterocycles. The summed E-state index contributed by atoms with van der Waals surface area (Å²) in [5.41, 5.74) is -0.919. The van der Waals surface area contributed by atoms with Crippen molar-refractivity contribution < 1.29 is 21.6 Å². The van der Waals surface area contributed by atoms with Crippen LogP contribution in [0.25, 0.3) is 10.9 Å². The molecule has 0 aliphatic rings. The highest BCUT2D eigenvalue weighted by molar-refractivity contribution is 9.11. The van der Waals surface area contributed by atoms with Crippen LogP contribution in [0.15, 0.2) is 58.5 Å². The molecule has 0 saturated carbocycles. The van der Waals surface area contributed by atoms with Crippen LogP contribution >= 0.6 is 15.9 Å². The van der Waals surface area contributed by atoms with Crippen LogP contribution in [0.4, 0.5) is 13.2 Å². The van der Waals surface area contributed by atoms with Gasteiger partial charge in [0.2, 0.25) is 0 Å². The van der Waals surface area contributed by atoms with Crippen LogP contribution in [0, 0.1) is 0 Å². The molecule has 148 valence electrons. The van der Waals surface area contributed by atoms with Gasteiger partial charge in [0.05, 0.1) is 34.2 Å². The normalized spacial score (nSPS) is 13.6. The molecule has 0 aliphatic carbocycles. The lowest BCUT2D eigenvalue weighted by Crippen LogP contribution is -2.22. The topological polar surface area (TPSA) is 69.0 Å². The Bertz CT molecular complexity index is 1200. The van der Waals surface area contributed by atoms with Crippen LogP contribution in [-0.2, 0) is 22.6 Å². The predicted molar refractivity (Wildman–Crippen MR) is 102 cm³/mol. The Hall–Kier alpha value is -2.20. The molecule has 0 saturated heterocycles. The van der Waals surface area contributed by atoms with Crippen molar-refractivity contribution in [2.45, 2.75) is 28.7 Å². The third-order valence-corrected chi connectivity index (χ3v) is 7.40. The second-order valence-corrected chi connectivity index (χ2v) is 10.4. The first-order valence-corrected chi connectivity index (χ1v) is 10.5. The van der Waals surface area contributed by atoms with Crippen LogP contribution < -0.4 is 5.56 Å².